The Morgan fingerprint density at radius 3 is 1.91 bits per heavy atom. The minimum Gasteiger partial charge on any atom is -0.369 e. The SMILES string of the molecule is NC(N=CN(N)c1ccc(Cl)cc1)=NCCCCCCN=C(N)N=C(N)Nc1ccc(Cl)cc1. The summed E-state index contributed by atoms with van der Waals surface area (Å²) in [6.45, 7) is 1.15. The Kier molecular flexibility index (Phi) is 11.7. The van der Waals surface area contributed by atoms with E-state index in [4.69, 9.17) is 46.2 Å². The fourth-order valence-corrected chi connectivity index (χ4v) is 2.93. The Balaban J connectivity index is 1.60. The molecule has 0 aliphatic rings. The first kappa shape index (κ1) is 26.9. The summed E-state index contributed by atoms with van der Waals surface area (Å²) in [5, 5.41) is 5.53. The summed E-state index contributed by atoms with van der Waals surface area (Å²) in [5.74, 6) is 6.35. The molecule has 0 amide bonds. The van der Waals surface area contributed by atoms with Crippen molar-refractivity contribution in [3.8, 4) is 0 Å². The lowest BCUT2D eigenvalue weighted by molar-refractivity contribution is 0.653. The number of nitrogens with one attached hydrogen (secondary N) is 1. The highest BCUT2D eigenvalue weighted by molar-refractivity contribution is 6.31. The monoisotopic (exact) mass is 504 g/mol. The Hall–Kier alpha value is -3.34. The third-order valence-electron chi connectivity index (χ3n) is 4.40. The predicted octanol–water partition coefficient (Wildman–Crippen LogP) is 3.32. The van der Waals surface area contributed by atoms with Crippen LogP contribution in [0.3, 0.4) is 0 Å². The molecule has 182 valence electrons. The molecule has 0 radical (unpaired) electrons. The van der Waals surface area contributed by atoms with Crippen molar-refractivity contribution in [3.63, 3.8) is 0 Å². The second-order valence-corrected chi connectivity index (χ2v) is 8.02. The van der Waals surface area contributed by atoms with Crippen LogP contribution in [0.15, 0.2) is 68.5 Å². The predicted molar refractivity (Wildman–Crippen MR) is 145 cm³/mol. The number of guanidine groups is 3. The van der Waals surface area contributed by atoms with Gasteiger partial charge in [0.15, 0.2) is 0 Å². The topological polar surface area (TPSA) is 169 Å². The molecule has 2 aromatic carbocycles. The Labute approximate surface area is 209 Å². The molecule has 9 N–H and O–H groups in total. The molecule has 2 rings (SSSR count). The van der Waals surface area contributed by atoms with Crippen LogP contribution in [0, 0.1) is 0 Å². The average Bonchev–Trinajstić information content (AvgIpc) is 2.81. The zero-order valence-electron chi connectivity index (χ0n) is 18.7. The van der Waals surface area contributed by atoms with E-state index in [0.717, 1.165) is 37.1 Å². The second kappa shape index (κ2) is 14.7. The molecule has 12 heteroatoms. The van der Waals surface area contributed by atoms with E-state index in [1.54, 1.807) is 48.5 Å². The van der Waals surface area contributed by atoms with Crippen LogP contribution in [-0.2, 0) is 0 Å². The number of nitrogens with zero attached hydrogens (tertiary/aromatic N) is 5. The summed E-state index contributed by atoms with van der Waals surface area (Å²) in [7, 11) is 0. The smallest absolute Gasteiger partial charge is 0.218 e. The molecular weight excluding hydrogens is 475 g/mol. The molecule has 0 saturated heterocycles. The molecule has 2 aromatic rings. The normalized spacial score (nSPS) is 12.9. The summed E-state index contributed by atoms with van der Waals surface area (Å²) in [5.41, 5.74) is 18.9. The lowest BCUT2D eigenvalue weighted by atomic mass is 10.2. The van der Waals surface area contributed by atoms with E-state index in [2.05, 4.69) is 25.3 Å². The summed E-state index contributed by atoms with van der Waals surface area (Å²) < 4.78 is 0. The van der Waals surface area contributed by atoms with Crippen molar-refractivity contribution in [2.45, 2.75) is 25.7 Å². The third kappa shape index (κ3) is 11.0. The van der Waals surface area contributed by atoms with Crippen LogP contribution in [0.5, 0.6) is 0 Å². The first-order valence-corrected chi connectivity index (χ1v) is 11.4. The Morgan fingerprint density at radius 2 is 1.32 bits per heavy atom. The van der Waals surface area contributed by atoms with Crippen molar-refractivity contribution in [3.05, 3.63) is 58.6 Å². The van der Waals surface area contributed by atoms with E-state index >= 15 is 0 Å². The van der Waals surface area contributed by atoms with Crippen LogP contribution in [0.4, 0.5) is 11.4 Å². The number of aliphatic imine (C=N–C) groups is 4. The molecule has 0 aromatic heterocycles. The maximum atomic E-state index is 5.89. The molecule has 10 nitrogen and oxygen atoms in total. The van der Waals surface area contributed by atoms with Crippen molar-refractivity contribution in [1.82, 2.24) is 0 Å². The molecule has 0 fully saturated rings. The van der Waals surface area contributed by atoms with Gasteiger partial charge in [0.05, 0.1) is 5.69 Å². The number of halogens is 2. The number of rotatable bonds is 10. The molecule has 0 spiro atoms. The first-order chi connectivity index (χ1) is 16.3. The number of benzene rings is 2. The van der Waals surface area contributed by atoms with Gasteiger partial charge < -0.3 is 22.5 Å². The van der Waals surface area contributed by atoms with Crippen molar-refractivity contribution in [2.24, 2.45) is 43.0 Å². The number of hydrogen-bond acceptors (Lipinski definition) is 3. The number of anilines is 2. The van der Waals surface area contributed by atoms with E-state index in [9.17, 15) is 0 Å². The van der Waals surface area contributed by atoms with Gasteiger partial charge in [-0.05, 0) is 61.4 Å². The lowest BCUT2D eigenvalue weighted by Crippen LogP contribution is -2.30. The fraction of sp³-hybridized carbons (Fsp3) is 0.273. The van der Waals surface area contributed by atoms with Gasteiger partial charge in [-0.3, -0.25) is 15.0 Å². The third-order valence-corrected chi connectivity index (χ3v) is 4.91. The van der Waals surface area contributed by atoms with Crippen LogP contribution >= 0.6 is 23.2 Å². The quantitative estimate of drug-likeness (QED) is 0.109. The minimum atomic E-state index is 0.127. The number of unbranched alkanes of at least 4 members (excludes halogenated alkanes) is 3. The van der Waals surface area contributed by atoms with Crippen molar-refractivity contribution < 1.29 is 0 Å². The van der Waals surface area contributed by atoms with E-state index in [0.29, 0.717) is 23.1 Å². The van der Waals surface area contributed by atoms with Gasteiger partial charge in [-0.25, -0.2) is 10.8 Å². The van der Waals surface area contributed by atoms with Crippen LogP contribution in [0.1, 0.15) is 25.7 Å². The summed E-state index contributed by atoms with van der Waals surface area (Å²) in [6, 6.07) is 14.1. The maximum absolute atomic E-state index is 5.89. The Bertz CT molecular complexity index is 1000. The summed E-state index contributed by atoms with van der Waals surface area (Å²) in [6.07, 6.45) is 5.12. The highest BCUT2D eigenvalue weighted by atomic mass is 35.5. The fourth-order valence-electron chi connectivity index (χ4n) is 2.67. The van der Waals surface area contributed by atoms with Gasteiger partial charge in [-0.2, -0.15) is 4.99 Å². The molecule has 0 bridgehead atoms. The van der Waals surface area contributed by atoms with Crippen molar-refractivity contribution in [2.75, 3.05) is 23.4 Å². The molecule has 0 heterocycles. The van der Waals surface area contributed by atoms with E-state index in [1.165, 1.54) is 11.3 Å². The van der Waals surface area contributed by atoms with Gasteiger partial charge in [0, 0.05) is 28.8 Å². The Morgan fingerprint density at radius 1 is 0.794 bits per heavy atom. The van der Waals surface area contributed by atoms with Crippen LogP contribution < -0.4 is 33.4 Å². The van der Waals surface area contributed by atoms with Gasteiger partial charge in [-0.1, -0.05) is 36.0 Å². The van der Waals surface area contributed by atoms with Crippen LogP contribution in [0.25, 0.3) is 0 Å². The molecule has 0 aliphatic carbocycles. The standard InChI is InChI=1S/C22H30Cl2N10/c23-16-5-9-18(10-6-16)32-22(27)33-21(26)30-14-4-2-1-3-13-29-20(25)31-15-34(28)19-11-7-17(24)8-12-19/h5-12,15H,1-4,13-14,28H2,(H2,25,29)(H5,26,27,30,32,33). The summed E-state index contributed by atoms with van der Waals surface area (Å²) >= 11 is 11.7. The van der Waals surface area contributed by atoms with E-state index in [-0.39, 0.29) is 17.9 Å². The van der Waals surface area contributed by atoms with Gasteiger partial charge in [0.2, 0.25) is 17.9 Å². The van der Waals surface area contributed by atoms with E-state index in [1.807, 2.05) is 0 Å². The van der Waals surface area contributed by atoms with Gasteiger partial charge >= 0.3 is 0 Å². The largest absolute Gasteiger partial charge is 0.369 e. The van der Waals surface area contributed by atoms with Gasteiger partial charge in [0.25, 0.3) is 0 Å². The zero-order chi connectivity index (χ0) is 24.8. The maximum Gasteiger partial charge on any atom is 0.218 e. The molecule has 0 aliphatic heterocycles. The van der Waals surface area contributed by atoms with Gasteiger partial charge in [0.1, 0.15) is 6.34 Å². The average molecular weight is 505 g/mol. The highest BCUT2D eigenvalue weighted by Gasteiger charge is 1.99. The lowest BCUT2D eigenvalue weighted by Gasteiger charge is -2.12. The van der Waals surface area contributed by atoms with Crippen LogP contribution in [-0.4, -0.2) is 37.3 Å². The molecule has 0 unspecified atom stereocenters. The zero-order valence-corrected chi connectivity index (χ0v) is 20.3. The molecule has 0 saturated carbocycles. The number of hydrogen-bond donors (Lipinski definition) is 5. The molecule has 0 atom stereocenters. The number of nitrogens with two attached hydrogens (primary N) is 4. The number of hydrazine groups is 1. The molecule has 34 heavy (non-hydrogen) atoms. The van der Waals surface area contributed by atoms with Crippen molar-refractivity contribution in [1.29, 1.82) is 0 Å². The van der Waals surface area contributed by atoms with Crippen molar-refractivity contribution >= 4 is 58.8 Å². The second-order valence-electron chi connectivity index (χ2n) is 7.15. The highest BCUT2D eigenvalue weighted by Crippen LogP contribution is 2.15. The minimum absolute atomic E-state index is 0.127. The first-order valence-electron chi connectivity index (χ1n) is 10.6. The van der Waals surface area contributed by atoms with E-state index < -0.39 is 0 Å². The van der Waals surface area contributed by atoms with Gasteiger partial charge in [-0.15, -0.1) is 0 Å². The summed E-state index contributed by atoms with van der Waals surface area (Å²) in [4.78, 5) is 16.5. The van der Waals surface area contributed by atoms with Crippen LogP contribution in [0.2, 0.25) is 10.0 Å². The molecular formula is C22H30Cl2N10.